The fourth-order valence-corrected chi connectivity index (χ4v) is 1.92. The molecule has 4 nitrogen and oxygen atoms in total. The Morgan fingerprint density at radius 1 is 1.19 bits per heavy atom. The quantitative estimate of drug-likeness (QED) is 0.569. The molecule has 2 N–H and O–H groups in total. The van der Waals surface area contributed by atoms with E-state index in [4.69, 9.17) is 5.11 Å². The van der Waals surface area contributed by atoms with E-state index in [1.165, 1.54) is 19.8 Å². The number of hydrogen-bond donors (Lipinski definition) is 2. The summed E-state index contributed by atoms with van der Waals surface area (Å²) in [4.78, 5) is 22.0. The van der Waals surface area contributed by atoms with E-state index in [0.717, 1.165) is 31.8 Å². The van der Waals surface area contributed by atoms with Gasteiger partial charge >= 0.3 is 5.97 Å². The van der Waals surface area contributed by atoms with Crippen LogP contribution in [0.2, 0.25) is 0 Å². The van der Waals surface area contributed by atoms with Crippen LogP contribution in [0.1, 0.15) is 45.4 Å². The van der Waals surface area contributed by atoms with Gasteiger partial charge in [0.1, 0.15) is 0 Å². The van der Waals surface area contributed by atoms with Gasteiger partial charge in [-0.3, -0.25) is 4.79 Å². The number of rotatable bonds is 3. The zero-order chi connectivity index (χ0) is 12.0. The van der Waals surface area contributed by atoms with E-state index in [-0.39, 0.29) is 17.5 Å². The molecule has 16 heavy (non-hydrogen) atoms. The van der Waals surface area contributed by atoms with Crippen molar-refractivity contribution in [1.29, 1.82) is 0 Å². The molecule has 0 heterocycles. The molecular weight excluding hydrogens is 206 g/mol. The first-order chi connectivity index (χ1) is 7.59. The molecule has 1 aliphatic carbocycles. The zero-order valence-electron chi connectivity index (χ0n) is 9.66. The van der Waals surface area contributed by atoms with E-state index in [0.29, 0.717) is 0 Å². The second-order valence-electron chi connectivity index (χ2n) is 4.33. The largest absolute Gasteiger partial charge is 0.478 e. The topological polar surface area (TPSA) is 66.4 Å². The van der Waals surface area contributed by atoms with Gasteiger partial charge in [0.2, 0.25) is 5.91 Å². The molecule has 0 atom stereocenters. The van der Waals surface area contributed by atoms with Crippen molar-refractivity contribution >= 4 is 11.9 Å². The summed E-state index contributed by atoms with van der Waals surface area (Å²) >= 11 is 0. The van der Waals surface area contributed by atoms with Crippen molar-refractivity contribution in [3.05, 3.63) is 11.6 Å². The van der Waals surface area contributed by atoms with Crippen molar-refractivity contribution in [1.82, 2.24) is 5.32 Å². The predicted octanol–water partition coefficient (Wildman–Crippen LogP) is 1.86. The van der Waals surface area contributed by atoms with Gasteiger partial charge in [-0.25, -0.2) is 4.79 Å². The van der Waals surface area contributed by atoms with Crippen LogP contribution < -0.4 is 5.32 Å². The van der Waals surface area contributed by atoms with Crippen LogP contribution in [-0.4, -0.2) is 23.0 Å². The van der Waals surface area contributed by atoms with Crippen LogP contribution in [-0.2, 0) is 9.59 Å². The zero-order valence-corrected chi connectivity index (χ0v) is 9.66. The van der Waals surface area contributed by atoms with Crippen LogP contribution in [0.4, 0.5) is 0 Å². The third kappa shape index (κ3) is 4.47. The minimum atomic E-state index is -1.05. The number of carboxylic acid groups (broad SMARTS) is 1. The van der Waals surface area contributed by atoms with Crippen molar-refractivity contribution in [3.8, 4) is 0 Å². The molecule has 0 aromatic rings. The normalized spacial score (nSPS) is 18.9. The Morgan fingerprint density at radius 2 is 1.75 bits per heavy atom. The van der Waals surface area contributed by atoms with Gasteiger partial charge in [-0.15, -0.1) is 0 Å². The summed E-state index contributed by atoms with van der Waals surface area (Å²) in [7, 11) is 0. The van der Waals surface area contributed by atoms with E-state index >= 15 is 0 Å². The van der Waals surface area contributed by atoms with Gasteiger partial charge in [-0.2, -0.15) is 0 Å². The van der Waals surface area contributed by atoms with Crippen molar-refractivity contribution in [2.45, 2.75) is 51.5 Å². The first-order valence-electron chi connectivity index (χ1n) is 5.81. The van der Waals surface area contributed by atoms with Gasteiger partial charge in [0.15, 0.2) is 0 Å². The Hall–Kier alpha value is -1.32. The average Bonchev–Trinajstić information content (AvgIpc) is 2.45. The van der Waals surface area contributed by atoms with E-state index in [9.17, 15) is 9.59 Å². The molecule has 1 aliphatic rings. The van der Waals surface area contributed by atoms with Crippen LogP contribution in [0, 0.1) is 0 Å². The Labute approximate surface area is 95.7 Å². The molecule has 1 amide bonds. The van der Waals surface area contributed by atoms with Crippen LogP contribution in [0.5, 0.6) is 0 Å². The highest BCUT2D eigenvalue weighted by molar-refractivity contribution is 5.97. The fourth-order valence-electron chi connectivity index (χ4n) is 1.92. The number of carbonyl (C=O) groups excluding carboxylic acids is 1. The summed E-state index contributed by atoms with van der Waals surface area (Å²) in [5.41, 5.74) is 0.0751. The minimum Gasteiger partial charge on any atom is -0.478 e. The first-order valence-corrected chi connectivity index (χ1v) is 5.81. The van der Waals surface area contributed by atoms with Crippen LogP contribution in [0.15, 0.2) is 11.6 Å². The number of nitrogens with one attached hydrogen (secondary N) is 1. The molecule has 0 unspecified atom stereocenters. The van der Waals surface area contributed by atoms with Gasteiger partial charge in [0.05, 0.1) is 0 Å². The highest BCUT2D eigenvalue weighted by Crippen LogP contribution is 2.17. The van der Waals surface area contributed by atoms with Crippen LogP contribution >= 0.6 is 0 Å². The predicted molar refractivity (Wildman–Crippen MR) is 61.0 cm³/mol. The molecule has 0 bridgehead atoms. The smallest absolute Gasteiger partial charge is 0.331 e. The van der Waals surface area contributed by atoms with Gasteiger partial charge in [0, 0.05) is 17.7 Å². The highest BCUT2D eigenvalue weighted by atomic mass is 16.4. The fraction of sp³-hybridized carbons (Fsp3) is 0.667. The van der Waals surface area contributed by atoms with Crippen molar-refractivity contribution in [3.63, 3.8) is 0 Å². The van der Waals surface area contributed by atoms with Gasteiger partial charge < -0.3 is 10.4 Å². The van der Waals surface area contributed by atoms with E-state index in [2.05, 4.69) is 5.32 Å². The summed E-state index contributed by atoms with van der Waals surface area (Å²) in [5.74, 6) is -1.33. The standard InChI is InChI=1S/C12H19NO3/c1-9(12(15)16)8-11(14)13-10-6-4-2-3-5-7-10/h8,10H,2-7H2,1H3,(H,13,14)(H,15,16)/b9-8+. The lowest BCUT2D eigenvalue weighted by Gasteiger charge is -2.14. The van der Waals surface area contributed by atoms with Gasteiger partial charge in [-0.1, -0.05) is 25.7 Å². The van der Waals surface area contributed by atoms with Crippen molar-refractivity contribution < 1.29 is 14.7 Å². The summed E-state index contributed by atoms with van der Waals surface area (Å²) in [6.07, 6.45) is 7.93. The lowest BCUT2D eigenvalue weighted by Crippen LogP contribution is -2.33. The summed E-state index contributed by atoms with van der Waals surface area (Å²) in [6, 6.07) is 0.216. The van der Waals surface area contributed by atoms with Crippen molar-refractivity contribution in [2.24, 2.45) is 0 Å². The maximum atomic E-state index is 11.5. The van der Waals surface area contributed by atoms with E-state index < -0.39 is 5.97 Å². The van der Waals surface area contributed by atoms with Crippen LogP contribution in [0.3, 0.4) is 0 Å². The number of carbonyl (C=O) groups is 2. The summed E-state index contributed by atoms with van der Waals surface area (Å²) in [6.45, 7) is 1.43. The average molecular weight is 225 g/mol. The molecule has 0 saturated heterocycles. The van der Waals surface area contributed by atoms with Crippen molar-refractivity contribution in [2.75, 3.05) is 0 Å². The maximum Gasteiger partial charge on any atom is 0.331 e. The second kappa shape index (κ2) is 6.30. The molecule has 0 aromatic heterocycles. The molecular formula is C12H19NO3. The minimum absolute atomic E-state index is 0.0751. The van der Waals surface area contributed by atoms with E-state index in [1.807, 2.05) is 0 Å². The number of amides is 1. The molecule has 1 fully saturated rings. The molecule has 1 saturated carbocycles. The molecule has 0 aromatic carbocycles. The molecule has 1 rings (SSSR count). The van der Waals surface area contributed by atoms with Crippen LogP contribution in [0.25, 0.3) is 0 Å². The summed E-state index contributed by atoms with van der Waals surface area (Å²) in [5, 5.41) is 11.5. The van der Waals surface area contributed by atoms with Gasteiger partial charge in [-0.05, 0) is 19.8 Å². The Bertz CT molecular complexity index is 289. The molecule has 0 aliphatic heterocycles. The number of hydrogen-bond acceptors (Lipinski definition) is 2. The molecule has 90 valence electrons. The summed E-state index contributed by atoms with van der Waals surface area (Å²) < 4.78 is 0. The highest BCUT2D eigenvalue weighted by Gasteiger charge is 2.14. The Balaban J connectivity index is 2.43. The third-order valence-corrected chi connectivity index (χ3v) is 2.89. The number of aliphatic carboxylic acids is 1. The lowest BCUT2D eigenvalue weighted by atomic mass is 10.1. The van der Waals surface area contributed by atoms with E-state index in [1.54, 1.807) is 0 Å². The molecule has 4 heteroatoms. The first kappa shape index (κ1) is 12.7. The Kier molecular flexibility index (Phi) is 5.02. The number of carboxylic acids is 1. The molecule has 0 radical (unpaired) electrons. The second-order valence-corrected chi connectivity index (χ2v) is 4.33. The van der Waals surface area contributed by atoms with Gasteiger partial charge in [0.25, 0.3) is 0 Å². The maximum absolute atomic E-state index is 11.5. The Morgan fingerprint density at radius 3 is 2.25 bits per heavy atom. The SMILES string of the molecule is C/C(=C\C(=O)NC1CCCCCC1)C(=O)O. The lowest BCUT2D eigenvalue weighted by molar-refractivity contribution is -0.133. The third-order valence-electron chi connectivity index (χ3n) is 2.89. The molecule has 0 spiro atoms. The monoisotopic (exact) mass is 225 g/mol.